The minimum Gasteiger partial charge on any atom is -0.370 e. The van der Waals surface area contributed by atoms with E-state index in [1.807, 2.05) is 6.92 Å². The number of rotatable bonds is 6. The standard InChI is InChI=1S/C14H19F3N2O/c1-3-8-19-13(2,9-12(18)20)10-6-4-5-7-11(10)14(15,16)17/h4-7,19H,3,8-9H2,1-2H3,(H2,18,20). The van der Waals surface area contributed by atoms with E-state index in [-0.39, 0.29) is 12.0 Å². The summed E-state index contributed by atoms with van der Waals surface area (Å²) in [7, 11) is 0. The van der Waals surface area contributed by atoms with Crippen molar-refractivity contribution in [1.82, 2.24) is 5.32 Å². The first-order chi connectivity index (χ1) is 9.20. The Morgan fingerprint density at radius 3 is 2.25 bits per heavy atom. The summed E-state index contributed by atoms with van der Waals surface area (Å²) in [6.07, 6.45) is -3.92. The molecular formula is C14H19F3N2O. The lowest BCUT2D eigenvalue weighted by atomic mass is 9.84. The average Bonchev–Trinajstić information content (AvgIpc) is 2.34. The second kappa shape index (κ2) is 6.26. The summed E-state index contributed by atoms with van der Waals surface area (Å²) in [6, 6.07) is 5.25. The van der Waals surface area contributed by atoms with E-state index in [0.29, 0.717) is 6.54 Å². The molecule has 0 aliphatic heterocycles. The van der Waals surface area contributed by atoms with Gasteiger partial charge in [0.15, 0.2) is 0 Å². The van der Waals surface area contributed by atoms with Crippen molar-refractivity contribution in [2.45, 2.75) is 38.4 Å². The minimum absolute atomic E-state index is 0.0414. The Kier molecular flexibility index (Phi) is 5.16. The van der Waals surface area contributed by atoms with Crippen molar-refractivity contribution in [3.8, 4) is 0 Å². The second-order valence-corrected chi connectivity index (χ2v) is 4.95. The second-order valence-electron chi connectivity index (χ2n) is 4.95. The van der Waals surface area contributed by atoms with Gasteiger partial charge in [0.05, 0.1) is 5.56 Å². The van der Waals surface area contributed by atoms with Crippen molar-refractivity contribution in [2.24, 2.45) is 5.73 Å². The van der Waals surface area contributed by atoms with Gasteiger partial charge in [-0.1, -0.05) is 25.1 Å². The Morgan fingerprint density at radius 2 is 1.80 bits per heavy atom. The van der Waals surface area contributed by atoms with Crippen molar-refractivity contribution in [2.75, 3.05) is 6.54 Å². The summed E-state index contributed by atoms with van der Waals surface area (Å²) < 4.78 is 39.3. The molecule has 3 N–H and O–H groups in total. The Hall–Kier alpha value is -1.56. The third-order valence-electron chi connectivity index (χ3n) is 3.12. The van der Waals surface area contributed by atoms with E-state index in [0.717, 1.165) is 12.5 Å². The maximum Gasteiger partial charge on any atom is 0.416 e. The van der Waals surface area contributed by atoms with Crippen molar-refractivity contribution < 1.29 is 18.0 Å². The largest absolute Gasteiger partial charge is 0.416 e. The molecule has 0 aliphatic carbocycles. The summed E-state index contributed by atoms with van der Waals surface area (Å²) >= 11 is 0. The van der Waals surface area contributed by atoms with Crippen molar-refractivity contribution in [1.29, 1.82) is 0 Å². The van der Waals surface area contributed by atoms with Gasteiger partial charge in [0.2, 0.25) is 5.91 Å². The van der Waals surface area contributed by atoms with Gasteiger partial charge in [-0.2, -0.15) is 13.2 Å². The lowest BCUT2D eigenvalue weighted by Gasteiger charge is -2.32. The van der Waals surface area contributed by atoms with Crippen LogP contribution >= 0.6 is 0 Å². The predicted octanol–water partition coefficient (Wildman–Crippen LogP) is 2.80. The van der Waals surface area contributed by atoms with Gasteiger partial charge >= 0.3 is 6.18 Å². The molecular weight excluding hydrogens is 269 g/mol. The molecule has 1 aromatic rings. The Balaban J connectivity index is 3.30. The zero-order chi connectivity index (χ0) is 15.4. The molecule has 0 radical (unpaired) electrons. The molecule has 1 unspecified atom stereocenters. The van der Waals surface area contributed by atoms with Gasteiger partial charge in [-0.25, -0.2) is 0 Å². The number of nitrogens with one attached hydrogen (secondary N) is 1. The Morgan fingerprint density at radius 1 is 1.25 bits per heavy atom. The van der Waals surface area contributed by atoms with E-state index in [9.17, 15) is 18.0 Å². The number of primary amides is 1. The molecule has 1 rings (SSSR count). The van der Waals surface area contributed by atoms with Gasteiger partial charge in [0.1, 0.15) is 0 Å². The third kappa shape index (κ3) is 3.96. The molecule has 0 aromatic heterocycles. The van der Waals surface area contributed by atoms with Crippen LogP contribution in [0.3, 0.4) is 0 Å². The van der Waals surface area contributed by atoms with Crippen LogP contribution in [0.25, 0.3) is 0 Å². The molecule has 0 bridgehead atoms. The summed E-state index contributed by atoms with van der Waals surface area (Å²) in [4.78, 5) is 11.2. The maximum atomic E-state index is 13.1. The van der Waals surface area contributed by atoms with Crippen LogP contribution in [-0.2, 0) is 16.5 Å². The number of hydrogen-bond acceptors (Lipinski definition) is 2. The van der Waals surface area contributed by atoms with Crippen LogP contribution in [0.15, 0.2) is 24.3 Å². The Bertz CT molecular complexity index is 474. The lowest BCUT2D eigenvalue weighted by molar-refractivity contribution is -0.139. The van der Waals surface area contributed by atoms with E-state index in [4.69, 9.17) is 5.73 Å². The van der Waals surface area contributed by atoms with Gasteiger partial charge < -0.3 is 11.1 Å². The number of carbonyl (C=O) groups is 1. The fourth-order valence-corrected chi connectivity index (χ4v) is 2.21. The summed E-state index contributed by atoms with van der Waals surface area (Å²) in [5.41, 5.74) is 3.35. The van der Waals surface area contributed by atoms with E-state index in [1.165, 1.54) is 18.2 Å². The maximum absolute atomic E-state index is 13.1. The van der Waals surface area contributed by atoms with Crippen LogP contribution in [0.2, 0.25) is 0 Å². The first kappa shape index (κ1) is 16.5. The van der Waals surface area contributed by atoms with Crippen LogP contribution in [0.1, 0.15) is 37.8 Å². The fourth-order valence-electron chi connectivity index (χ4n) is 2.21. The molecule has 20 heavy (non-hydrogen) atoms. The number of carbonyl (C=O) groups excluding carboxylic acids is 1. The first-order valence-corrected chi connectivity index (χ1v) is 6.40. The van der Waals surface area contributed by atoms with Crippen LogP contribution in [0.5, 0.6) is 0 Å². The van der Waals surface area contributed by atoms with Crippen LogP contribution in [-0.4, -0.2) is 12.5 Å². The van der Waals surface area contributed by atoms with Gasteiger partial charge in [-0.3, -0.25) is 4.79 Å². The topological polar surface area (TPSA) is 55.1 Å². The fraction of sp³-hybridized carbons (Fsp3) is 0.500. The highest BCUT2D eigenvalue weighted by molar-refractivity contribution is 5.75. The molecule has 1 amide bonds. The number of benzene rings is 1. The highest BCUT2D eigenvalue weighted by Gasteiger charge is 2.39. The normalized spacial score (nSPS) is 14.8. The van der Waals surface area contributed by atoms with Crippen LogP contribution in [0.4, 0.5) is 13.2 Å². The predicted molar refractivity (Wildman–Crippen MR) is 70.9 cm³/mol. The van der Waals surface area contributed by atoms with Gasteiger partial charge in [0.25, 0.3) is 0 Å². The number of nitrogens with two attached hydrogens (primary N) is 1. The quantitative estimate of drug-likeness (QED) is 0.845. The summed E-state index contributed by atoms with van der Waals surface area (Å²) in [5, 5.41) is 3.01. The van der Waals surface area contributed by atoms with Crippen LogP contribution < -0.4 is 11.1 Å². The molecule has 0 saturated carbocycles. The lowest BCUT2D eigenvalue weighted by Crippen LogP contribution is -2.44. The molecule has 112 valence electrons. The van der Waals surface area contributed by atoms with Gasteiger partial charge in [-0.05, 0) is 31.5 Å². The summed E-state index contributed by atoms with van der Waals surface area (Å²) in [5.74, 6) is -0.645. The number of amides is 1. The monoisotopic (exact) mass is 288 g/mol. The number of hydrogen-bond donors (Lipinski definition) is 2. The molecule has 0 aliphatic rings. The summed E-state index contributed by atoms with van der Waals surface area (Å²) in [6.45, 7) is 3.96. The average molecular weight is 288 g/mol. The van der Waals surface area contributed by atoms with Crippen LogP contribution in [0, 0.1) is 0 Å². The van der Waals surface area contributed by atoms with Crippen molar-refractivity contribution in [3.63, 3.8) is 0 Å². The van der Waals surface area contributed by atoms with Gasteiger partial charge in [-0.15, -0.1) is 0 Å². The SMILES string of the molecule is CCCNC(C)(CC(N)=O)c1ccccc1C(F)(F)F. The minimum atomic E-state index is -4.47. The number of halogens is 3. The molecule has 0 fully saturated rings. The Labute approximate surface area is 116 Å². The van der Waals surface area contributed by atoms with E-state index in [1.54, 1.807) is 6.92 Å². The van der Waals surface area contributed by atoms with E-state index >= 15 is 0 Å². The zero-order valence-electron chi connectivity index (χ0n) is 11.6. The van der Waals surface area contributed by atoms with E-state index in [2.05, 4.69) is 5.32 Å². The zero-order valence-corrected chi connectivity index (χ0v) is 11.6. The smallest absolute Gasteiger partial charge is 0.370 e. The first-order valence-electron chi connectivity index (χ1n) is 6.40. The molecule has 3 nitrogen and oxygen atoms in total. The molecule has 6 heteroatoms. The molecule has 0 heterocycles. The number of alkyl halides is 3. The van der Waals surface area contributed by atoms with E-state index < -0.39 is 23.2 Å². The van der Waals surface area contributed by atoms with Crippen molar-refractivity contribution in [3.05, 3.63) is 35.4 Å². The highest BCUT2D eigenvalue weighted by Crippen LogP contribution is 2.37. The highest BCUT2D eigenvalue weighted by atomic mass is 19.4. The third-order valence-corrected chi connectivity index (χ3v) is 3.12. The molecule has 1 aromatic carbocycles. The van der Waals surface area contributed by atoms with Crippen molar-refractivity contribution >= 4 is 5.91 Å². The van der Waals surface area contributed by atoms with Gasteiger partial charge in [0, 0.05) is 12.0 Å². The molecule has 0 spiro atoms. The molecule has 1 atom stereocenters. The molecule has 0 saturated heterocycles.